The highest BCUT2D eigenvalue weighted by molar-refractivity contribution is 5.36. The van der Waals surface area contributed by atoms with E-state index in [0.29, 0.717) is 12.0 Å². The number of fused-ring (bicyclic) bond motifs is 1. The lowest BCUT2D eigenvalue weighted by molar-refractivity contribution is -0.0167. The van der Waals surface area contributed by atoms with Crippen LogP contribution >= 0.6 is 0 Å². The second-order valence-corrected chi connectivity index (χ2v) is 5.54. The Morgan fingerprint density at radius 1 is 1.37 bits per heavy atom. The molecule has 0 spiro atoms. The van der Waals surface area contributed by atoms with E-state index in [0.717, 1.165) is 25.9 Å². The Kier molecular flexibility index (Phi) is 3.23. The van der Waals surface area contributed by atoms with Crippen LogP contribution in [0.2, 0.25) is 0 Å². The molecular formula is C15H20FNO2. The van der Waals surface area contributed by atoms with Crippen LogP contribution in [0.4, 0.5) is 4.39 Å². The van der Waals surface area contributed by atoms with Crippen molar-refractivity contribution >= 4 is 0 Å². The average molecular weight is 265 g/mol. The summed E-state index contributed by atoms with van der Waals surface area (Å²) in [6, 6.07) is 5.08. The number of aliphatic hydroxyl groups is 1. The topological polar surface area (TPSA) is 32.7 Å². The van der Waals surface area contributed by atoms with Crippen molar-refractivity contribution in [3.05, 3.63) is 29.6 Å². The predicted molar refractivity (Wildman–Crippen MR) is 70.7 cm³/mol. The third-order valence-electron chi connectivity index (χ3n) is 4.59. The fourth-order valence-corrected chi connectivity index (χ4v) is 3.60. The number of ether oxygens (including phenoxy) is 1. The van der Waals surface area contributed by atoms with Crippen molar-refractivity contribution in [3.8, 4) is 5.75 Å². The maximum absolute atomic E-state index is 14.4. The fraction of sp³-hybridized carbons (Fsp3) is 0.600. The van der Waals surface area contributed by atoms with Crippen LogP contribution in [-0.4, -0.2) is 36.2 Å². The largest absolute Gasteiger partial charge is 0.494 e. The molecule has 2 atom stereocenters. The summed E-state index contributed by atoms with van der Waals surface area (Å²) >= 11 is 0. The summed E-state index contributed by atoms with van der Waals surface area (Å²) in [6.45, 7) is 1.86. The van der Waals surface area contributed by atoms with Crippen LogP contribution in [0, 0.1) is 5.82 Å². The maximum Gasteiger partial charge on any atom is 0.171 e. The van der Waals surface area contributed by atoms with Crippen molar-refractivity contribution in [2.24, 2.45) is 0 Å². The van der Waals surface area contributed by atoms with E-state index in [2.05, 4.69) is 4.90 Å². The van der Waals surface area contributed by atoms with E-state index in [1.165, 1.54) is 13.5 Å². The Balaban J connectivity index is 2.01. The molecule has 2 saturated heterocycles. The molecule has 0 aliphatic carbocycles. The van der Waals surface area contributed by atoms with Crippen molar-refractivity contribution in [1.82, 2.24) is 4.90 Å². The van der Waals surface area contributed by atoms with Gasteiger partial charge in [0, 0.05) is 18.2 Å². The Bertz CT molecular complexity index is 479. The van der Waals surface area contributed by atoms with E-state index in [1.54, 1.807) is 18.2 Å². The number of hydrogen-bond acceptors (Lipinski definition) is 3. The number of benzene rings is 1. The van der Waals surface area contributed by atoms with Gasteiger partial charge < -0.3 is 9.84 Å². The standard InChI is InChI=1S/C15H20FNO2/c1-19-12-6-4-5-11(14(12)16)15(18)8-10-17-9-3-2-7-13(15)17/h4-6,13,18H,2-3,7-10H2,1H3. The number of methoxy groups -OCH3 is 1. The lowest BCUT2D eigenvalue weighted by Crippen LogP contribution is -2.45. The van der Waals surface area contributed by atoms with Crippen LogP contribution in [0.1, 0.15) is 31.2 Å². The number of piperidine rings is 1. The Morgan fingerprint density at radius 3 is 3.00 bits per heavy atom. The molecule has 2 aliphatic rings. The molecule has 2 aliphatic heterocycles. The number of hydrogen-bond donors (Lipinski definition) is 1. The summed E-state index contributed by atoms with van der Waals surface area (Å²) in [5.41, 5.74) is -0.680. The first kappa shape index (κ1) is 12.9. The fourth-order valence-electron chi connectivity index (χ4n) is 3.60. The van der Waals surface area contributed by atoms with Crippen molar-refractivity contribution in [1.29, 1.82) is 0 Å². The van der Waals surface area contributed by atoms with Gasteiger partial charge in [0.25, 0.3) is 0 Å². The van der Waals surface area contributed by atoms with E-state index >= 15 is 0 Å². The van der Waals surface area contributed by atoms with Crippen LogP contribution in [-0.2, 0) is 5.60 Å². The molecule has 4 heteroatoms. The van der Waals surface area contributed by atoms with Gasteiger partial charge in [-0.1, -0.05) is 18.6 Å². The normalized spacial score (nSPS) is 31.2. The molecule has 3 nitrogen and oxygen atoms in total. The van der Waals surface area contributed by atoms with Crippen molar-refractivity contribution in [2.75, 3.05) is 20.2 Å². The van der Waals surface area contributed by atoms with E-state index in [1.807, 2.05) is 0 Å². The summed E-state index contributed by atoms with van der Waals surface area (Å²) in [6.07, 6.45) is 3.82. The smallest absolute Gasteiger partial charge is 0.171 e. The van der Waals surface area contributed by atoms with Gasteiger partial charge in [-0.3, -0.25) is 4.90 Å². The van der Waals surface area contributed by atoms with Crippen LogP contribution in [0.15, 0.2) is 18.2 Å². The lowest BCUT2D eigenvalue weighted by Gasteiger charge is -2.37. The van der Waals surface area contributed by atoms with Crippen molar-refractivity contribution in [3.63, 3.8) is 0 Å². The first-order chi connectivity index (χ1) is 9.16. The summed E-state index contributed by atoms with van der Waals surface area (Å²) < 4.78 is 19.5. The summed E-state index contributed by atoms with van der Waals surface area (Å²) in [5, 5.41) is 11.0. The lowest BCUT2D eigenvalue weighted by atomic mass is 9.82. The first-order valence-electron chi connectivity index (χ1n) is 6.96. The minimum atomic E-state index is -1.07. The maximum atomic E-state index is 14.4. The van der Waals surface area contributed by atoms with Crippen LogP contribution in [0.5, 0.6) is 5.75 Å². The molecule has 1 aromatic rings. The molecule has 0 saturated carbocycles. The van der Waals surface area contributed by atoms with Gasteiger partial charge in [0.1, 0.15) is 5.60 Å². The molecule has 19 heavy (non-hydrogen) atoms. The summed E-state index contributed by atoms with van der Waals surface area (Å²) in [4.78, 5) is 2.29. The van der Waals surface area contributed by atoms with Crippen molar-refractivity contribution in [2.45, 2.75) is 37.3 Å². The van der Waals surface area contributed by atoms with E-state index in [4.69, 9.17) is 4.74 Å². The van der Waals surface area contributed by atoms with Crippen molar-refractivity contribution < 1.29 is 14.2 Å². The molecule has 104 valence electrons. The highest BCUT2D eigenvalue weighted by atomic mass is 19.1. The number of halogens is 1. The molecule has 3 rings (SSSR count). The van der Waals surface area contributed by atoms with E-state index in [-0.39, 0.29) is 11.8 Å². The van der Waals surface area contributed by atoms with Gasteiger partial charge in [0.05, 0.1) is 7.11 Å². The van der Waals surface area contributed by atoms with E-state index in [9.17, 15) is 9.50 Å². The monoisotopic (exact) mass is 265 g/mol. The highest BCUT2D eigenvalue weighted by Gasteiger charge is 2.49. The molecule has 2 heterocycles. The Morgan fingerprint density at radius 2 is 2.21 bits per heavy atom. The van der Waals surface area contributed by atoms with Gasteiger partial charge in [-0.2, -0.15) is 0 Å². The van der Waals surface area contributed by atoms with Gasteiger partial charge in [-0.05, 0) is 31.9 Å². The Hall–Kier alpha value is -1.13. The third kappa shape index (κ3) is 1.94. The van der Waals surface area contributed by atoms with Crippen LogP contribution < -0.4 is 4.74 Å². The van der Waals surface area contributed by atoms with Gasteiger partial charge in [0.2, 0.25) is 0 Å². The van der Waals surface area contributed by atoms with Gasteiger partial charge >= 0.3 is 0 Å². The van der Waals surface area contributed by atoms with Crippen LogP contribution in [0.25, 0.3) is 0 Å². The molecule has 0 amide bonds. The minimum Gasteiger partial charge on any atom is -0.494 e. The zero-order valence-corrected chi connectivity index (χ0v) is 11.2. The molecule has 1 N–H and O–H groups in total. The molecular weight excluding hydrogens is 245 g/mol. The van der Waals surface area contributed by atoms with E-state index < -0.39 is 11.4 Å². The predicted octanol–water partition coefficient (Wildman–Crippen LogP) is 2.28. The minimum absolute atomic E-state index is 0.0443. The SMILES string of the molecule is COc1cccc(C2(O)CCN3CCCCC32)c1F. The zero-order chi connectivity index (χ0) is 13.5. The first-order valence-corrected chi connectivity index (χ1v) is 6.96. The molecule has 0 aromatic heterocycles. The average Bonchev–Trinajstić information content (AvgIpc) is 2.78. The molecule has 2 fully saturated rings. The molecule has 2 unspecified atom stereocenters. The second kappa shape index (κ2) is 4.76. The Labute approximate surface area is 113 Å². The summed E-state index contributed by atoms with van der Waals surface area (Å²) in [7, 11) is 1.45. The third-order valence-corrected chi connectivity index (χ3v) is 4.59. The zero-order valence-electron chi connectivity index (χ0n) is 11.2. The molecule has 0 bridgehead atoms. The number of rotatable bonds is 2. The molecule has 1 aromatic carbocycles. The second-order valence-electron chi connectivity index (χ2n) is 5.54. The quantitative estimate of drug-likeness (QED) is 0.890. The van der Waals surface area contributed by atoms with Gasteiger partial charge in [-0.25, -0.2) is 4.39 Å². The summed E-state index contributed by atoms with van der Waals surface area (Å²) in [5.74, 6) is -0.208. The van der Waals surface area contributed by atoms with Gasteiger partial charge in [-0.15, -0.1) is 0 Å². The van der Waals surface area contributed by atoms with Gasteiger partial charge in [0.15, 0.2) is 11.6 Å². The van der Waals surface area contributed by atoms with Crippen LogP contribution in [0.3, 0.4) is 0 Å². The molecule has 0 radical (unpaired) electrons. The highest BCUT2D eigenvalue weighted by Crippen LogP contribution is 2.44. The number of nitrogens with zero attached hydrogens (tertiary/aromatic N) is 1.